The molecule has 8 aromatic heterocycles. The van der Waals surface area contributed by atoms with E-state index in [0.717, 1.165) is 0 Å². The highest BCUT2D eigenvalue weighted by atomic mass is 32.1. The number of hydrogen-bond donors (Lipinski definition) is 0. The minimum atomic E-state index is 0. The van der Waals surface area contributed by atoms with E-state index < -0.39 is 0 Å². The number of aromatic nitrogens is 8. The molecular weight excluding hydrogens is 705 g/mol. The van der Waals surface area contributed by atoms with Crippen LogP contribution >= 0.6 is 27.0 Å². The van der Waals surface area contributed by atoms with Crippen LogP contribution in [0.4, 0.5) is 0 Å². The SMILES string of the molecule is O=S.S.S.c1cc(-c2ccncc2)ccn1.c1cc(-c2ccncc2)ccn1.c1cc(-c2ccncc2)ccn1.c1cc(-c2ccncc2)ccn1. The van der Waals surface area contributed by atoms with Crippen LogP contribution < -0.4 is 0 Å². The maximum absolute atomic E-state index is 7.83. The first-order valence-corrected chi connectivity index (χ1v) is 15.6. The second-order valence-corrected chi connectivity index (χ2v) is 9.89. The summed E-state index contributed by atoms with van der Waals surface area (Å²) in [5, 5.41) is 0. The Morgan fingerprint density at radius 1 is 0.212 bits per heavy atom. The highest BCUT2D eigenvalue weighted by Crippen LogP contribution is 2.18. The van der Waals surface area contributed by atoms with Crippen LogP contribution in [-0.4, -0.2) is 44.1 Å². The summed E-state index contributed by atoms with van der Waals surface area (Å²) in [5.74, 6) is 0. The lowest BCUT2D eigenvalue weighted by molar-refractivity contribution is 0.702. The monoisotopic (exact) mass is 740 g/mol. The molecule has 260 valence electrons. The lowest BCUT2D eigenvalue weighted by Gasteiger charge is -1.97. The van der Waals surface area contributed by atoms with E-state index in [9.17, 15) is 0 Å². The van der Waals surface area contributed by atoms with Gasteiger partial charge in [-0.1, -0.05) is 0 Å². The number of nitrogens with zero attached hydrogens (tertiary/aromatic N) is 8. The van der Waals surface area contributed by atoms with Crippen molar-refractivity contribution < 1.29 is 4.21 Å². The third-order valence-electron chi connectivity index (χ3n) is 6.78. The van der Waals surface area contributed by atoms with Gasteiger partial charge >= 0.3 is 0 Å². The van der Waals surface area contributed by atoms with E-state index in [0.29, 0.717) is 0 Å². The summed E-state index contributed by atoms with van der Waals surface area (Å²) < 4.78 is 7.83. The first kappa shape index (κ1) is 42.1. The van der Waals surface area contributed by atoms with Crippen molar-refractivity contribution in [1.29, 1.82) is 0 Å². The average molecular weight is 741 g/mol. The number of rotatable bonds is 4. The van der Waals surface area contributed by atoms with Crippen LogP contribution in [0.2, 0.25) is 0 Å². The summed E-state index contributed by atoms with van der Waals surface area (Å²) in [6.07, 6.45) is 28.6. The van der Waals surface area contributed by atoms with Gasteiger partial charge in [0.2, 0.25) is 0 Å². The van der Waals surface area contributed by atoms with E-state index >= 15 is 0 Å². The van der Waals surface area contributed by atoms with Crippen molar-refractivity contribution in [2.75, 3.05) is 0 Å². The van der Waals surface area contributed by atoms with Crippen LogP contribution in [0.5, 0.6) is 0 Å². The Morgan fingerprint density at radius 2 is 0.288 bits per heavy atom. The third kappa shape index (κ3) is 14.8. The van der Waals surface area contributed by atoms with Crippen LogP contribution in [0, 0.1) is 0 Å². The fraction of sp³-hybridized carbons (Fsp3) is 0. The molecule has 0 aliphatic heterocycles. The van der Waals surface area contributed by atoms with Crippen molar-refractivity contribution in [3.63, 3.8) is 0 Å². The molecule has 0 aliphatic rings. The first-order valence-electron chi connectivity index (χ1n) is 15.2. The minimum Gasteiger partial charge on any atom is -0.265 e. The molecule has 0 saturated carbocycles. The molecule has 0 aliphatic carbocycles. The topological polar surface area (TPSA) is 120 Å². The Bertz CT molecular complexity index is 1560. The summed E-state index contributed by atoms with van der Waals surface area (Å²) in [5.41, 5.74) is 9.39. The average Bonchev–Trinajstić information content (AvgIpc) is 3.25. The highest BCUT2D eigenvalue weighted by Gasteiger charge is 1.95. The molecule has 0 unspecified atom stereocenters. The maximum atomic E-state index is 7.83. The highest BCUT2D eigenvalue weighted by molar-refractivity contribution is 7.59. The van der Waals surface area contributed by atoms with Gasteiger partial charge in [-0.3, -0.25) is 39.9 Å². The predicted molar refractivity (Wildman–Crippen MR) is 219 cm³/mol. The lowest BCUT2D eigenvalue weighted by atomic mass is 10.1. The standard InChI is InChI=1S/4C10H8N2.OS.2H2S/c4*1-5-11-6-2-9(1)10-3-7-12-8-4-10;1-2;;/h4*1-8H;;2*1H2. The van der Waals surface area contributed by atoms with E-state index in [-0.39, 0.29) is 27.0 Å². The normalized spacial score (nSPS) is 9.00. The second-order valence-electron chi connectivity index (χ2n) is 9.89. The molecule has 0 saturated heterocycles. The van der Waals surface area contributed by atoms with Crippen molar-refractivity contribution in [2.45, 2.75) is 0 Å². The van der Waals surface area contributed by atoms with Gasteiger partial charge in [0.15, 0.2) is 12.5 Å². The molecule has 0 spiro atoms. The Kier molecular flexibility index (Phi) is 20.9. The lowest BCUT2D eigenvalue weighted by Crippen LogP contribution is -1.77. The van der Waals surface area contributed by atoms with Crippen LogP contribution in [-0.2, 0) is 12.5 Å². The van der Waals surface area contributed by atoms with Crippen LogP contribution in [0.25, 0.3) is 44.5 Å². The van der Waals surface area contributed by atoms with Gasteiger partial charge < -0.3 is 0 Å². The van der Waals surface area contributed by atoms with E-state index in [1.807, 2.05) is 97.1 Å². The second kappa shape index (κ2) is 25.8. The molecule has 9 nitrogen and oxygen atoms in total. The smallest absolute Gasteiger partial charge is 0.197 e. The quantitative estimate of drug-likeness (QED) is 0.174. The molecule has 0 bridgehead atoms. The summed E-state index contributed by atoms with van der Waals surface area (Å²) in [6, 6.07) is 31.7. The minimum absolute atomic E-state index is 0. The van der Waals surface area contributed by atoms with Gasteiger partial charge in [0, 0.05) is 99.1 Å². The maximum Gasteiger partial charge on any atom is 0.197 e. The summed E-state index contributed by atoms with van der Waals surface area (Å²) in [7, 11) is 0. The summed E-state index contributed by atoms with van der Waals surface area (Å²) in [6.45, 7) is 0. The Balaban J connectivity index is 0.000000233. The Morgan fingerprint density at radius 3 is 0.365 bits per heavy atom. The molecule has 12 heteroatoms. The van der Waals surface area contributed by atoms with Crippen molar-refractivity contribution in [3.05, 3.63) is 196 Å². The van der Waals surface area contributed by atoms with Crippen molar-refractivity contribution in [1.82, 2.24) is 39.9 Å². The summed E-state index contributed by atoms with van der Waals surface area (Å²) >= 11 is 2.83. The fourth-order valence-corrected chi connectivity index (χ4v) is 4.35. The van der Waals surface area contributed by atoms with Gasteiger partial charge in [0.1, 0.15) is 0 Å². The number of hydrogen-bond acceptors (Lipinski definition) is 10. The predicted octanol–water partition coefficient (Wildman–Crippen LogP) is 8.46. The van der Waals surface area contributed by atoms with E-state index in [1.165, 1.54) is 44.5 Å². The van der Waals surface area contributed by atoms with Gasteiger partial charge in [0.05, 0.1) is 0 Å². The van der Waals surface area contributed by atoms with E-state index in [2.05, 4.69) is 52.4 Å². The van der Waals surface area contributed by atoms with Crippen LogP contribution in [0.3, 0.4) is 0 Å². The van der Waals surface area contributed by atoms with Crippen LogP contribution in [0.1, 0.15) is 0 Å². The van der Waals surface area contributed by atoms with Gasteiger partial charge in [-0.25, -0.2) is 0 Å². The van der Waals surface area contributed by atoms with Gasteiger partial charge in [0.25, 0.3) is 0 Å². The van der Waals surface area contributed by atoms with Crippen molar-refractivity contribution in [3.8, 4) is 44.5 Å². The van der Waals surface area contributed by atoms with Crippen LogP contribution in [0.15, 0.2) is 196 Å². The van der Waals surface area contributed by atoms with Crippen molar-refractivity contribution >= 4 is 39.5 Å². The molecule has 52 heavy (non-hydrogen) atoms. The zero-order chi connectivity index (χ0) is 34.9. The van der Waals surface area contributed by atoms with E-state index in [4.69, 9.17) is 4.21 Å². The third-order valence-corrected chi connectivity index (χ3v) is 6.78. The largest absolute Gasteiger partial charge is 0.265 e. The molecule has 0 fully saturated rings. The summed E-state index contributed by atoms with van der Waals surface area (Å²) in [4.78, 5) is 31.6. The molecule has 0 amide bonds. The molecular formula is C40H36N8OS3. The molecule has 0 radical (unpaired) electrons. The molecule has 0 aromatic carbocycles. The number of pyridine rings is 8. The fourth-order valence-electron chi connectivity index (χ4n) is 4.35. The molecule has 0 atom stereocenters. The Hall–Kier alpha value is -6.08. The molecule has 8 aromatic rings. The molecule has 8 heterocycles. The van der Waals surface area contributed by atoms with Gasteiger partial charge in [-0.2, -0.15) is 31.2 Å². The van der Waals surface area contributed by atoms with Crippen molar-refractivity contribution in [2.24, 2.45) is 0 Å². The molecule has 0 N–H and O–H groups in total. The molecule has 8 rings (SSSR count). The van der Waals surface area contributed by atoms with Gasteiger partial charge in [-0.05, 0) is 142 Å². The zero-order valence-corrected chi connectivity index (χ0v) is 30.7. The van der Waals surface area contributed by atoms with E-state index in [1.54, 1.807) is 99.1 Å². The Labute approximate surface area is 322 Å². The first-order chi connectivity index (χ1) is 24.9. The van der Waals surface area contributed by atoms with Gasteiger partial charge in [-0.15, -0.1) is 0 Å². The zero-order valence-electron chi connectivity index (χ0n) is 27.9.